The Morgan fingerprint density at radius 2 is 0.963 bits per heavy atom. The Balaban J connectivity index is 2.37. The van der Waals surface area contributed by atoms with E-state index in [1.807, 2.05) is 0 Å². The topological polar surface area (TPSA) is 18.5 Å². The van der Waals surface area contributed by atoms with Gasteiger partial charge in [0.2, 0.25) is 0 Å². The van der Waals surface area contributed by atoms with Crippen molar-refractivity contribution in [2.75, 3.05) is 13.2 Å². The van der Waals surface area contributed by atoms with Crippen molar-refractivity contribution in [2.45, 2.75) is 60.6 Å². The van der Waals surface area contributed by atoms with E-state index < -0.39 is 21.1 Å². The Bertz CT molecular complexity index is 619. The predicted octanol–water partition coefficient (Wildman–Crippen LogP) is 6.84. The van der Waals surface area contributed by atoms with E-state index in [9.17, 15) is 0 Å². The van der Waals surface area contributed by atoms with Gasteiger partial charge >= 0.3 is 172 Å². The second-order valence-electron chi connectivity index (χ2n) is 8.63. The van der Waals surface area contributed by atoms with Crippen molar-refractivity contribution < 1.29 is 26.8 Å². The number of benzene rings is 2. The third kappa shape index (κ3) is 6.11. The van der Waals surface area contributed by atoms with Crippen LogP contribution in [0.25, 0.3) is 0 Å². The van der Waals surface area contributed by atoms with E-state index in [-0.39, 0.29) is 10.8 Å². The minimum absolute atomic E-state index is 0.0362. The van der Waals surface area contributed by atoms with Gasteiger partial charge in [0.1, 0.15) is 0 Å². The van der Waals surface area contributed by atoms with Gasteiger partial charge in [-0.05, 0) is 0 Å². The van der Waals surface area contributed by atoms with Crippen molar-refractivity contribution in [3.63, 3.8) is 0 Å². The molecule has 0 spiro atoms. The Labute approximate surface area is 171 Å². The van der Waals surface area contributed by atoms with Crippen molar-refractivity contribution in [3.8, 4) is 0 Å². The van der Waals surface area contributed by atoms with Crippen LogP contribution in [0.5, 0.6) is 0 Å². The molecule has 0 fully saturated rings. The Kier molecular flexibility index (Phi) is 8.04. The SMILES string of the molecule is CC[O][Zr]([CH2]C(C)(C)c1ccccc1)([CH2]C(C)(C)c1ccccc1)[O]CC. The molecule has 2 aromatic carbocycles. The van der Waals surface area contributed by atoms with Crippen LogP contribution < -0.4 is 0 Å². The van der Waals surface area contributed by atoms with E-state index in [0.717, 1.165) is 21.5 Å². The van der Waals surface area contributed by atoms with Crippen LogP contribution >= 0.6 is 0 Å². The quantitative estimate of drug-likeness (QED) is 0.397. The zero-order valence-corrected chi connectivity index (χ0v) is 20.4. The molecule has 0 unspecified atom stereocenters. The van der Waals surface area contributed by atoms with Gasteiger partial charge in [-0.25, -0.2) is 0 Å². The van der Waals surface area contributed by atoms with Crippen LogP contribution in [0.3, 0.4) is 0 Å². The zero-order chi connectivity index (χ0) is 20.0. The van der Waals surface area contributed by atoms with Gasteiger partial charge < -0.3 is 0 Å². The standard InChI is InChI=1S/2C10H13.2C2H5O.Zr/c2*1-10(2,3)9-7-5-4-6-8-9;2*1-2-3;/h2*4-8H,1H2,2-3H3;2*2H2,1H3;/q;;2*-1;+2. The van der Waals surface area contributed by atoms with Crippen LogP contribution in [-0.2, 0) is 37.6 Å². The Hall–Kier alpha value is -0.757. The minimum atomic E-state index is -3.36. The molecule has 0 N–H and O–H groups in total. The molecule has 3 heteroatoms. The maximum absolute atomic E-state index is 6.57. The molecule has 2 rings (SSSR count). The van der Waals surface area contributed by atoms with Crippen LogP contribution in [0, 0.1) is 0 Å². The number of hydrogen-bond donors (Lipinski definition) is 0. The van der Waals surface area contributed by atoms with Crippen molar-refractivity contribution in [3.05, 3.63) is 71.8 Å². The summed E-state index contributed by atoms with van der Waals surface area (Å²) in [5.41, 5.74) is 2.80. The van der Waals surface area contributed by atoms with Gasteiger partial charge in [0.25, 0.3) is 0 Å². The predicted molar refractivity (Wildman–Crippen MR) is 112 cm³/mol. The first-order valence-electron chi connectivity index (χ1n) is 10.1. The fraction of sp³-hybridized carbons (Fsp3) is 0.500. The molecule has 0 radical (unpaired) electrons. The van der Waals surface area contributed by atoms with E-state index in [2.05, 4.69) is 102 Å². The van der Waals surface area contributed by atoms with Gasteiger partial charge in [0.15, 0.2) is 0 Å². The summed E-state index contributed by atoms with van der Waals surface area (Å²) in [6, 6.07) is 21.6. The first-order chi connectivity index (χ1) is 12.7. The summed E-state index contributed by atoms with van der Waals surface area (Å²) in [5.74, 6) is 0. The fourth-order valence-electron chi connectivity index (χ4n) is 4.16. The molecule has 0 atom stereocenters. The molecule has 0 bridgehead atoms. The molecule has 2 nitrogen and oxygen atoms in total. The maximum atomic E-state index is 6.57. The van der Waals surface area contributed by atoms with E-state index in [1.165, 1.54) is 11.1 Å². The Morgan fingerprint density at radius 3 is 1.26 bits per heavy atom. The molecule has 0 amide bonds. The molecule has 0 saturated carbocycles. The summed E-state index contributed by atoms with van der Waals surface area (Å²) >= 11 is -3.36. The van der Waals surface area contributed by atoms with Gasteiger partial charge in [-0.3, -0.25) is 0 Å². The van der Waals surface area contributed by atoms with E-state index in [1.54, 1.807) is 0 Å². The Morgan fingerprint density at radius 1 is 0.630 bits per heavy atom. The summed E-state index contributed by atoms with van der Waals surface area (Å²) in [5, 5.41) is 0. The average molecular weight is 448 g/mol. The van der Waals surface area contributed by atoms with Crippen LogP contribution in [0.1, 0.15) is 52.7 Å². The second-order valence-corrected chi connectivity index (χ2v) is 16.3. The molecular formula is C24H36O2Zr. The van der Waals surface area contributed by atoms with Crippen molar-refractivity contribution in [1.82, 2.24) is 0 Å². The number of rotatable bonds is 10. The average Bonchev–Trinajstić information content (AvgIpc) is 2.63. The van der Waals surface area contributed by atoms with Gasteiger partial charge in [-0.15, -0.1) is 0 Å². The zero-order valence-electron chi connectivity index (χ0n) is 17.9. The van der Waals surface area contributed by atoms with Gasteiger partial charge in [-0.2, -0.15) is 0 Å². The van der Waals surface area contributed by atoms with Crippen LogP contribution in [0.2, 0.25) is 8.26 Å². The summed E-state index contributed by atoms with van der Waals surface area (Å²) in [7, 11) is 0. The molecule has 0 aliphatic heterocycles. The molecule has 0 aromatic heterocycles. The van der Waals surface area contributed by atoms with E-state index >= 15 is 0 Å². The first kappa shape index (κ1) is 22.5. The number of hydrogen-bond acceptors (Lipinski definition) is 2. The molecule has 0 saturated heterocycles. The molecule has 148 valence electrons. The van der Waals surface area contributed by atoms with Crippen LogP contribution in [0.4, 0.5) is 0 Å². The summed E-state index contributed by atoms with van der Waals surface area (Å²) in [4.78, 5) is 0. The van der Waals surface area contributed by atoms with Crippen LogP contribution in [-0.4, -0.2) is 13.2 Å². The third-order valence-electron chi connectivity index (χ3n) is 5.35. The molecule has 0 aliphatic carbocycles. The van der Waals surface area contributed by atoms with Gasteiger partial charge in [0, 0.05) is 0 Å². The molecule has 2 aromatic rings. The molecule has 0 heterocycles. The molecular weight excluding hydrogens is 411 g/mol. The summed E-state index contributed by atoms with van der Waals surface area (Å²) in [6.45, 7) is 15.0. The fourth-order valence-corrected chi connectivity index (χ4v) is 15.9. The van der Waals surface area contributed by atoms with Gasteiger partial charge in [-0.1, -0.05) is 0 Å². The van der Waals surface area contributed by atoms with Crippen molar-refractivity contribution >= 4 is 0 Å². The third-order valence-corrected chi connectivity index (χ3v) is 16.3. The molecule has 0 aliphatic rings. The molecule has 27 heavy (non-hydrogen) atoms. The van der Waals surface area contributed by atoms with E-state index in [0.29, 0.717) is 0 Å². The second kappa shape index (κ2) is 9.63. The monoisotopic (exact) mass is 446 g/mol. The van der Waals surface area contributed by atoms with E-state index in [4.69, 9.17) is 5.63 Å². The van der Waals surface area contributed by atoms with Gasteiger partial charge in [0.05, 0.1) is 0 Å². The van der Waals surface area contributed by atoms with Crippen LogP contribution in [0.15, 0.2) is 60.7 Å². The summed E-state index contributed by atoms with van der Waals surface area (Å²) < 4.78 is 15.2. The normalized spacial score (nSPS) is 13.0. The van der Waals surface area contributed by atoms with Crippen molar-refractivity contribution in [1.29, 1.82) is 0 Å². The first-order valence-corrected chi connectivity index (χ1v) is 15.6. The van der Waals surface area contributed by atoms with Crippen molar-refractivity contribution in [2.24, 2.45) is 0 Å². The summed E-state index contributed by atoms with van der Waals surface area (Å²) in [6.07, 6.45) is 0.